The van der Waals surface area contributed by atoms with Crippen molar-refractivity contribution < 1.29 is 14.6 Å². The summed E-state index contributed by atoms with van der Waals surface area (Å²) in [6.45, 7) is 1.82. The van der Waals surface area contributed by atoms with Crippen molar-refractivity contribution in [2.24, 2.45) is 5.73 Å². The van der Waals surface area contributed by atoms with E-state index in [4.69, 9.17) is 15.6 Å². The zero-order valence-electron chi connectivity index (χ0n) is 8.51. The fourth-order valence-electron chi connectivity index (χ4n) is 1.07. The summed E-state index contributed by atoms with van der Waals surface area (Å²) in [5.41, 5.74) is 6.25. The maximum atomic E-state index is 11.3. The number of rotatable bonds is 4. The van der Waals surface area contributed by atoms with Crippen LogP contribution in [-0.4, -0.2) is 29.3 Å². The van der Waals surface area contributed by atoms with Crippen molar-refractivity contribution in [3.05, 3.63) is 29.6 Å². The van der Waals surface area contributed by atoms with E-state index >= 15 is 0 Å². The second-order valence-electron chi connectivity index (χ2n) is 2.96. The summed E-state index contributed by atoms with van der Waals surface area (Å²) in [5, 5.41) is 8.84. The second-order valence-corrected chi connectivity index (χ2v) is 2.96. The molecule has 0 saturated carbocycles. The highest BCUT2D eigenvalue weighted by molar-refractivity contribution is 5.87. The van der Waals surface area contributed by atoms with Gasteiger partial charge in [0.05, 0.1) is 24.9 Å². The summed E-state index contributed by atoms with van der Waals surface area (Å²) in [4.78, 5) is 15.3. The van der Waals surface area contributed by atoms with E-state index in [-0.39, 0.29) is 12.3 Å². The molecule has 0 fully saturated rings. The fraction of sp³-hybridized carbons (Fsp3) is 0.400. The molecule has 5 nitrogen and oxygen atoms in total. The lowest BCUT2D eigenvalue weighted by atomic mass is 10.2. The molecule has 82 valence electrons. The number of aliphatic hydroxyl groups is 1. The van der Waals surface area contributed by atoms with Gasteiger partial charge in [-0.3, -0.25) is 0 Å². The van der Waals surface area contributed by atoms with E-state index in [0.717, 1.165) is 0 Å². The van der Waals surface area contributed by atoms with Crippen molar-refractivity contribution in [1.29, 1.82) is 0 Å². The van der Waals surface area contributed by atoms with Gasteiger partial charge in [0.15, 0.2) is 0 Å². The summed E-state index contributed by atoms with van der Waals surface area (Å²) in [6.07, 6.45) is 0. The SMILES string of the molecule is CCOC(=O)c1cccc([C@@H](N)CO)n1. The van der Waals surface area contributed by atoms with E-state index < -0.39 is 12.0 Å². The summed E-state index contributed by atoms with van der Waals surface area (Å²) < 4.78 is 4.79. The minimum atomic E-state index is -0.570. The summed E-state index contributed by atoms with van der Waals surface area (Å²) in [5.74, 6) is -0.482. The zero-order chi connectivity index (χ0) is 11.3. The van der Waals surface area contributed by atoms with Gasteiger partial charge in [-0.1, -0.05) is 6.07 Å². The van der Waals surface area contributed by atoms with Crippen molar-refractivity contribution in [2.45, 2.75) is 13.0 Å². The van der Waals surface area contributed by atoms with E-state index in [1.54, 1.807) is 25.1 Å². The highest BCUT2D eigenvalue weighted by atomic mass is 16.5. The van der Waals surface area contributed by atoms with Gasteiger partial charge in [-0.15, -0.1) is 0 Å². The molecule has 0 aliphatic heterocycles. The molecule has 1 atom stereocenters. The van der Waals surface area contributed by atoms with E-state index in [0.29, 0.717) is 12.3 Å². The fourth-order valence-corrected chi connectivity index (χ4v) is 1.07. The van der Waals surface area contributed by atoms with Gasteiger partial charge in [0.2, 0.25) is 0 Å². The third-order valence-corrected chi connectivity index (χ3v) is 1.83. The number of aromatic nitrogens is 1. The number of hydrogen-bond donors (Lipinski definition) is 2. The van der Waals surface area contributed by atoms with Gasteiger partial charge in [0.25, 0.3) is 0 Å². The molecule has 5 heteroatoms. The standard InChI is InChI=1S/C10H14N2O3/c1-2-15-10(14)9-5-3-4-8(12-9)7(11)6-13/h3-5,7,13H,2,6,11H2,1H3/t7-/m0/s1. The molecule has 3 N–H and O–H groups in total. The molecule has 1 aromatic rings. The van der Waals surface area contributed by atoms with Crippen molar-refractivity contribution >= 4 is 5.97 Å². The molecule has 0 spiro atoms. The Morgan fingerprint density at radius 2 is 2.40 bits per heavy atom. The number of pyridine rings is 1. The third-order valence-electron chi connectivity index (χ3n) is 1.83. The first-order valence-corrected chi connectivity index (χ1v) is 4.69. The van der Waals surface area contributed by atoms with Gasteiger partial charge < -0.3 is 15.6 Å². The first-order valence-electron chi connectivity index (χ1n) is 4.69. The summed E-state index contributed by atoms with van der Waals surface area (Å²) >= 11 is 0. The largest absolute Gasteiger partial charge is 0.461 e. The molecule has 0 amide bonds. The van der Waals surface area contributed by atoms with E-state index in [1.165, 1.54) is 0 Å². The highest BCUT2D eigenvalue weighted by Gasteiger charge is 2.11. The second kappa shape index (κ2) is 5.43. The van der Waals surface area contributed by atoms with Gasteiger partial charge in [0, 0.05) is 0 Å². The number of nitrogens with two attached hydrogens (primary N) is 1. The van der Waals surface area contributed by atoms with Crippen LogP contribution in [0.2, 0.25) is 0 Å². The highest BCUT2D eigenvalue weighted by Crippen LogP contribution is 2.08. The molecule has 1 rings (SSSR count). The molecular formula is C10H14N2O3. The predicted octanol–water partition coefficient (Wildman–Crippen LogP) is 0.250. The quantitative estimate of drug-likeness (QED) is 0.696. The van der Waals surface area contributed by atoms with Crippen LogP contribution in [0.25, 0.3) is 0 Å². The molecule has 0 radical (unpaired) electrons. The molecule has 0 saturated heterocycles. The Labute approximate surface area is 87.9 Å². The van der Waals surface area contributed by atoms with Crippen molar-refractivity contribution in [1.82, 2.24) is 4.98 Å². The monoisotopic (exact) mass is 210 g/mol. The third kappa shape index (κ3) is 3.00. The number of aliphatic hydroxyl groups excluding tert-OH is 1. The van der Waals surface area contributed by atoms with Crippen LogP contribution in [0.15, 0.2) is 18.2 Å². The van der Waals surface area contributed by atoms with Crippen LogP contribution in [-0.2, 0) is 4.74 Å². The van der Waals surface area contributed by atoms with Gasteiger partial charge in [-0.2, -0.15) is 0 Å². The molecule has 0 unspecified atom stereocenters. The molecule has 0 bridgehead atoms. The van der Waals surface area contributed by atoms with Crippen LogP contribution in [0.1, 0.15) is 29.1 Å². The van der Waals surface area contributed by atoms with Crippen molar-refractivity contribution in [3.63, 3.8) is 0 Å². The van der Waals surface area contributed by atoms with Crippen LogP contribution < -0.4 is 5.73 Å². The molecule has 0 aliphatic carbocycles. The Bertz CT molecular complexity index is 341. The Morgan fingerprint density at radius 3 is 3.00 bits per heavy atom. The maximum absolute atomic E-state index is 11.3. The van der Waals surface area contributed by atoms with E-state index in [9.17, 15) is 4.79 Å². The Hall–Kier alpha value is -1.46. The Kier molecular flexibility index (Phi) is 4.20. The van der Waals surface area contributed by atoms with Crippen LogP contribution in [0.5, 0.6) is 0 Å². The first-order chi connectivity index (χ1) is 7.19. The summed E-state index contributed by atoms with van der Waals surface area (Å²) in [7, 11) is 0. The lowest BCUT2D eigenvalue weighted by molar-refractivity contribution is 0.0519. The minimum Gasteiger partial charge on any atom is -0.461 e. The van der Waals surface area contributed by atoms with Gasteiger partial charge in [-0.25, -0.2) is 9.78 Å². The molecular weight excluding hydrogens is 196 g/mol. The lowest BCUT2D eigenvalue weighted by Crippen LogP contribution is -2.18. The molecule has 0 aliphatic rings. The number of ether oxygens (including phenoxy) is 1. The lowest BCUT2D eigenvalue weighted by Gasteiger charge is -2.08. The number of esters is 1. The van der Waals surface area contributed by atoms with Crippen molar-refractivity contribution in [3.8, 4) is 0 Å². The Morgan fingerprint density at radius 1 is 1.67 bits per heavy atom. The van der Waals surface area contributed by atoms with E-state index in [1.807, 2.05) is 0 Å². The number of nitrogens with zero attached hydrogens (tertiary/aromatic N) is 1. The number of carbonyl (C=O) groups is 1. The van der Waals surface area contributed by atoms with Crippen LogP contribution in [0.3, 0.4) is 0 Å². The molecule has 15 heavy (non-hydrogen) atoms. The number of hydrogen-bond acceptors (Lipinski definition) is 5. The summed E-state index contributed by atoms with van der Waals surface area (Å²) in [6, 6.07) is 4.29. The zero-order valence-corrected chi connectivity index (χ0v) is 8.51. The average molecular weight is 210 g/mol. The Balaban J connectivity index is 2.87. The van der Waals surface area contributed by atoms with Crippen LogP contribution in [0, 0.1) is 0 Å². The molecule has 1 aromatic heterocycles. The van der Waals surface area contributed by atoms with Gasteiger partial charge >= 0.3 is 5.97 Å². The van der Waals surface area contributed by atoms with Crippen LogP contribution >= 0.6 is 0 Å². The maximum Gasteiger partial charge on any atom is 0.356 e. The van der Waals surface area contributed by atoms with Gasteiger partial charge in [0.1, 0.15) is 5.69 Å². The normalized spacial score (nSPS) is 12.2. The predicted molar refractivity (Wildman–Crippen MR) is 54.2 cm³/mol. The minimum absolute atomic E-state index is 0.207. The average Bonchev–Trinajstić information content (AvgIpc) is 2.28. The molecule has 1 heterocycles. The topological polar surface area (TPSA) is 85.4 Å². The van der Waals surface area contributed by atoms with Gasteiger partial charge in [-0.05, 0) is 19.1 Å². The van der Waals surface area contributed by atoms with Crippen molar-refractivity contribution in [2.75, 3.05) is 13.2 Å². The smallest absolute Gasteiger partial charge is 0.356 e. The van der Waals surface area contributed by atoms with Crippen LogP contribution in [0.4, 0.5) is 0 Å². The molecule has 0 aromatic carbocycles. The van der Waals surface area contributed by atoms with E-state index in [2.05, 4.69) is 4.98 Å². The first kappa shape index (κ1) is 11.6. The number of carbonyl (C=O) groups excluding carboxylic acids is 1.